The first-order valence-corrected chi connectivity index (χ1v) is 6.42. The molecule has 0 amide bonds. The van der Waals surface area contributed by atoms with Crippen LogP contribution in [0, 0.1) is 5.82 Å². The molecule has 1 fully saturated rings. The van der Waals surface area contributed by atoms with Crippen LogP contribution in [0.4, 0.5) is 4.39 Å². The van der Waals surface area contributed by atoms with E-state index < -0.39 is 0 Å². The van der Waals surface area contributed by atoms with Crippen molar-refractivity contribution in [2.24, 2.45) is 0 Å². The van der Waals surface area contributed by atoms with Crippen LogP contribution in [0.25, 0.3) is 0 Å². The van der Waals surface area contributed by atoms with Gasteiger partial charge in [0.15, 0.2) is 0 Å². The molecule has 1 aliphatic carbocycles. The molecule has 92 valence electrons. The van der Waals surface area contributed by atoms with Gasteiger partial charge in [0.05, 0.1) is 4.47 Å². The van der Waals surface area contributed by atoms with Gasteiger partial charge in [0.25, 0.3) is 0 Å². The Hall–Kier alpha value is -0.870. The van der Waals surface area contributed by atoms with Crippen LogP contribution >= 0.6 is 15.9 Å². The van der Waals surface area contributed by atoms with Crippen molar-refractivity contribution in [3.63, 3.8) is 0 Å². The predicted octanol–water partition coefficient (Wildman–Crippen LogP) is 3.28. The van der Waals surface area contributed by atoms with E-state index in [1.165, 1.54) is 18.9 Å². The minimum Gasteiger partial charge on any atom is -0.489 e. The maximum Gasteiger partial charge on any atom is 0.137 e. The van der Waals surface area contributed by atoms with E-state index in [-0.39, 0.29) is 5.82 Å². The monoisotopic (exact) mass is 299 g/mol. The molecule has 0 bridgehead atoms. The fraction of sp³-hybridized carbons (Fsp3) is 0.385. The zero-order valence-electron chi connectivity index (χ0n) is 9.51. The zero-order chi connectivity index (χ0) is 12.3. The second-order valence-corrected chi connectivity index (χ2v) is 5.12. The van der Waals surface area contributed by atoms with Crippen LogP contribution in [-0.2, 0) is 0 Å². The van der Waals surface area contributed by atoms with Crippen molar-refractivity contribution in [1.82, 2.24) is 5.32 Å². The lowest BCUT2D eigenvalue weighted by atomic mass is 10.3. The van der Waals surface area contributed by atoms with Gasteiger partial charge in [-0.2, -0.15) is 0 Å². The Balaban J connectivity index is 1.75. The lowest BCUT2D eigenvalue weighted by Crippen LogP contribution is -2.21. The molecule has 1 N–H and O–H groups in total. The van der Waals surface area contributed by atoms with E-state index >= 15 is 0 Å². The summed E-state index contributed by atoms with van der Waals surface area (Å²) in [4.78, 5) is 0. The van der Waals surface area contributed by atoms with E-state index in [0.29, 0.717) is 22.9 Å². The molecule has 2 rings (SSSR count). The third-order valence-electron chi connectivity index (χ3n) is 2.55. The standard InChI is InChI=1S/C13H15BrFNO/c1-9(7-16-10-2-3-10)8-17-11-4-5-13(15)12(14)6-11/h4-6,10,16H,1-3,7-8H2. The summed E-state index contributed by atoms with van der Waals surface area (Å²) >= 11 is 3.12. The fourth-order valence-electron chi connectivity index (χ4n) is 1.38. The van der Waals surface area contributed by atoms with Crippen LogP contribution in [0.1, 0.15) is 12.8 Å². The van der Waals surface area contributed by atoms with Gasteiger partial charge in [0.2, 0.25) is 0 Å². The van der Waals surface area contributed by atoms with Crippen LogP contribution < -0.4 is 10.1 Å². The van der Waals surface area contributed by atoms with E-state index in [9.17, 15) is 4.39 Å². The SMILES string of the molecule is C=C(CNC1CC1)COc1ccc(F)c(Br)c1. The van der Waals surface area contributed by atoms with E-state index in [0.717, 1.165) is 12.1 Å². The van der Waals surface area contributed by atoms with Gasteiger partial charge < -0.3 is 10.1 Å². The van der Waals surface area contributed by atoms with Crippen molar-refractivity contribution in [2.75, 3.05) is 13.2 Å². The zero-order valence-corrected chi connectivity index (χ0v) is 11.1. The van der Waals surface area contributed by atoms with Gasteiger partial charge >= 0.3 is 0 Å². The molecule has 4 heteroatoms. The van der Waals surface area contributed by atoms with Gasteiger partial charge in [-0.3, -0.25) is 0 Å². The van der Waals surface area contributed by atoms with Crippen LogP contribution in [-0.4, -0.2) is 19.2 Å². The molecule has 0 heterocycles. The second-order valence-electron chi connectivity index (χ2n) is 4.27. The summed E-state index contributed by atoms with van der Waals surface area (Å²) in [5, 5.41) is 3.36. The van der Waals surface area contributed by atoms with E-state index in [2.05, 4.69) is 27.8 Å². The minimum atomic E-state index is -0.286. The molecule has 1 aromatic rings. The number of rotatable bonds is 6. The molecule has 0 radical (unpaired) electrons. The molecule has 0 spiro atoms. The summed E-state index contributed by atoms with van der Waals surface area (Å²) in [5.74, 6) is 0.359. The number of ether oxygens (including phenoxy) is 1. The van der Waals surface area contributed by atoms with Gasteiger partial charge in [-0.15, -0.1) is 0 Å². The van der Waals surface area contributed by atoms with Crippen molar-refractivity contribution in [2.45, 2.75) is 18.9 Å². The summed E-state index contributed by atoms with van der Waals surface area (Å²) < 4.78 is 18.9. The molecule has 0 atom stereocenters. The molecule has 0 unspecified atom stereocenters. The Bertz CT molecular complexity index is 418. The summed E-state index contributed by atoms with van der Waals surface area (Å²) in [5.41, 5.74) is 0.998. The summed E-state index contributed by atoms with van der Waals surface area (Å²) in [6.45, 7) is 5.18. The highest BCUT2D eigenvalue weighted by atomic mass is 79.9. The van der Waals surface area contributed by atoms with Crippen LogP contribution in [0.3, 0.4) is 0 Å². The average molecular weight is 300 g/mol. The van der Waals surface area contributed by atoms with Crippen molar-refractivity contribution in [1.29, 1.82) is 0 Å². The molecule has 0 aliphatic heterocycles. The molecule has 1 aliphatic rings. The second kappa shape index (κ2) is 5.65. The quantitative estimate of drug-likeness (QED) is 0.814. The highest BCUT2D eigenvalue weighted by molar-refractivity contribution is 9.10. The maximum atomic E-state index is 13.0. The molecule has 17 heavy (non-hydrogen) atoms. The Labute approximate surface area is 109 Å². The highest BCUT2D eigenvalue weighted by Gasteiger charge is 2.20. The molecular weight excluding hydrogens is 285 g/mol. The number of hydrogen-bond acceptors (Lipinski definition) is 2. The third kappa shape index (κ3) is 4.13. The van der Waals surface area contributed by atoms with Crippen molar-refractivity contribution < 1.29 is 9.13 Å². The lowest BCUT2D eigenvalue weighted by molar-refractivity contribution is 0.347. The van der Waals surface area contributed by atoms with Crippen LogP contribution in [0.15, 0.2) is 34.8 Å². The molecule has 2 nitrogen and oxygen atoms in total. The Morgan fingerprint density at radius 1 is 1.53 bits per heavy atom. The number of benzene rings is 1. The van der Waals surface area contributed by atoms with E-state index in [4.69, 9.17) is 4.74 Å². The Morgan fingerprint density at radius 3 is 2.94 bits per heavy atom. The van der Waals surface area contributed by atoms with Crippen molar-refractivity contribution >= 4 is 15.9 Å². The summed E-state index contributed by atoms with van der Waals surface area (Å²) in [6, 6.07) is 5.29. The van der Waals surface area contributed by atoms with E-state index in [1.54, 1.807) is 12.1 Å². The van der Waals surface area contributed by atoms with Crippen molar-refractivity contribution in [3.05, 3.63) is 40.6 Å². The molecule has 0 saturated heterocycles. The predicted molar refractivity (Wildman–Crippen MR) is 69.8 cm³/mol. The molecule has 1 saturated carbocycles. The average Bonchev–Trinajstić information content (AvgIpc) is 3.12. The van der Waals surface area contributed by atoms with Crippen LogP contribution in [0.2, 0.25) is 0 Å². The fourth-order valence-corrected chi connectivity index (χ4v) is 1.74. The normalized spacial score (nSPS) is 14.7. The highest BCUT2D eigenvalue weighted by Crippen LogP contribution is 2.22. The lowest BCUT2D eigenvalue weighted by Gasteiger charge is -2.09. The Kier molecular flexibility index (Phi) is 4.18. The number of nitrogens with one attached hydrogen (secondary N) is 1. The van der Waals surface area contributed by atoms with Gasteiger partial charge in [-0.1, -0.05) is 6.58 Å². The molecule has 1 aromatic carbocycles. The third-order valence-corrected chi connectivity index (χ3v) is 3.16. The maximum absolute atomic E-state index is 13.0. The molecule has 0 aromatic heterocycles. The van der Waals surface area contributed by atoms with Gasteiger partial charge in [-0.25, -0.2) is 4.39 Å². The minimum absolute atomic E-state index is 0.286. The van der Waals surface area contributed by atoms with Gasteiger partial charge in [-0.05, 0) is 52.5 Å². The Morgan fingerprint density at radius 2 is 2.29 bits per heavy atom. The van der Waals surface area contributed by atoms with E-state index in [1.807, 2.05) is 0 Å². The first-order chi connectivity index (χ1) is 8.15. The largest absolute Gasteiger partial charge is 0.489 e. The van der Waals surface area contributed by atoms with Gasteiger partial charge in [0, 0.05) is 12.6 Å². The number of halogens is 2. The van der Waals surface area contributed by atoms with Crippen LogP contribution in [0.5, 0.6) is 5.75 Å². The first kappa shape index (κ1) is 12.6. The topological polar surface area (TPSA) is 21.3 Å². The summed E-state index contributed by atoms with van der Waals surface area (Å²) in [6.07, 6.45) is 2.53. The molecular formula is C13H15BrFNO. The van der Waals surface area contributed by atoms with Gasteiger partial charge in [0.1, 0.15) is 18.2 Å². The number of hydrogen-bond donors (Lipinski definition) is 1. The summed E-state index contributed by atoms with van der Waals surface area (Å²) in [7, 11) is 0. The van der Waals surface area contributed by atoms with Crippen molar-refractivity contribution in [3.8, 4) is 5.75 Å². The smallest absolute Gasteiger partial charge is 0.137 e. The first-order valence-electron chi connectivity index (χ1n) is 5.63.